The number of ether oxygens (including phenoxy) is 1. The Bertz CT molecular complexity index is 1410. The van der Waals surface area contributed by atoms with Gasteiger partial charge in [0.05, 0.1) is 16.2 Å². The normalized spacial score (nSPS) is 16.5. The quantitative estimate of drug-likeness (QED) is 0.377. The molecule has 1 atom stereocenters. The number of carbonyl (C=O) groups is 2. The minimum Gasteiger partial charge on any atom is -0.444 e. The highest BCUT2D eigenvalue weighted by Crippen LogP contribution is 2.37. The number of hydrogen-bond acceptors (Lipinski definition) is 6. The second-order valence-corrected chi connectivity index (χ2v) is 13.8. The molecule has 1 fully saturated rings. The van der Waals surface area contributed by atoms with Gasteiger partial charge in [0, 0.05) is 47.8 Å². The Hall–Kier alpha value is -2.54. The van der Waals surface area contributed by atoms with Gasteiger partial charge in [-0.3, -0.25) is 9.69 Å². The van der Waals surface area contributed by atoms with Crippen molar-refractivity contribution in [3.8, 4) is 0 Å². The average molecular weight is 639 g/mol. The smallest absolute Gasteiger partial charge is 0.416 e. The van der Waals surface area contributed by atoms with Gasteiger partial charge in [-0.05, 0) is 68.7 Å². The van der Waals surface area contributed by atoms with Crippen molar-refractivity contribution >= 4 is 45.0 Å². The fourth-order valence-corrected chi connectivity index (χ4v) is 5.99. The third-order valence-electron chi connectivity index (χ3n) is 6.32. The van der Waals surface area contributed by atoms with Crippen molar-refractivity contribution in [1.29, 1.82) is 0 Å². The summed E-state index contributed by atoms with van der Waals surface area (Å²) in [6, 6.07) is 5.67. The van der Waals surface area contributed by atoms with E-state index in [0.717, 1.165) is 12.1 Å². The zero-order valence-electron chi connectivity index (χ0n) is 23.0. The van der Waals surface area contributed by atoms with Gasteiger partial charge in [-0.1, -0.05) is 30.1 Å². The topological polar surface area (TPSA) is 105 Å². The van der Waals surface area contributed by atoms with Gasteiger partial charge in [0.25, 0.3) is 5.91 Å². The number of nitrogens with zero attached hydrogens (tertiary/aromatic N) is 1. The second kappa shape index (κ2) is 12.8. The van der Waals surface area contributed by atoms with Crippen LogP contribution in [0.25, 0.3) is 0 Å². The summed E-state index contributed by atoms with van der Waals surface area (Å²) in [7, 11) is -3.64. The number of benzene rings is 2. The van der Waals surface area contributed by atoms with Crippen LogP contribution in [-0.2, 0) is 33.8 Å². The summed E-state index contributed by atoms with van der Waals surface area (Å²) in [5.41, 5.74) is -2.07. The van der Waals surface area contributed by atoms with Crippen LogP contribution >= 0.6 is 23.2 Å². The molecule has 226 valence electrons. The third-order valence-corrected chi connectivity index (χ3v) is 8.72. The van der Waals surface area contributed by atoms with Crippen molar-refractivity contribution in [1.82, 2.24) is 15.5 Å². The maximum absolute atomic E-state index is 14.1. The molecule has 1 aliphatic heterocycles. The standard InChI is InChI=1S/C27H32Cl2F3N3O5S/c1-5-41(38,39)23-7-6-18(28)10-17(23)13-33-24(36)16-11-21(27(30,31)32)20(22(29)12-16)15-35-9-8-19(14-35)34-25(37)40-26(2,3)4/h6-7,10-12,19H,5,8-9,13-15H2,1-4H3,(H,33,36)(H,34,37)/t19-/m1/s1. The fraction of sp³-hybridized carbons (Fsp3) is 0.481. The average Bonchev–Trinajstić information content (AvgIpc) is 3.28. The molecule has 2 aromatic carbocycles. The van der Waals surface area contributed by atoms with E-state index in [9.17, 15) is 31.2 Å². The lowest BCUT2D eigenvalue weighted by Gasteiger charge is -2.23. The Morgan fingerprint density at radius 1 is 1.12 bits per heavy atom. The number of nitrogens with one attached hydrogen (secondary N) is 2. The van der Waals surface area contributed by atoms with E-state index >= 15 is 0 Å². The van der Waals surface area contributed by atoms with Crippen LogP contribution in [0.3, 0.4) is 0 Å². The number of alkyl halides is 3. The van der Waals surface area contributed by atoms with Gasteiger partial charge in [-0.25, -0.2) is 13.2 Å². The largest absolute Gasteiger partial charge is 0.444 e. The van der Waals surface area contributed by atoms with Gasteiger partial charge < -0.3 is 15.4 Å². The van der Waals surface area contributed by atoms with Crippen LogP contribution in [0.1, 0.15) is 61.2 Å². The monoisotopic (exact) mass is 637 g/mol. The SMILES string of the molecule is CCS(=O)(=O)c1ccc(Cl)cc1CNC(=O)c1cc(Cl)c(CN2CC[C@@H](NC(=O)OC(C)(C)C)C2)c(C(F)(F)F)c1. The fourth-order valence-electron chi connectivity index (χ4n) is 4.40. The van der Waals surface area contributed by atoms with Crippen LogP contribution in [0, 0.1) is 0 Å². The maximum atomic E-state index is 14.1. The molecular weight excluding hydrogens is 606 g/mol. The Morgan fingerprint density at radius 2 is 1.80 bits per heavy atom. The first-order valence-corrected chi connectivity index (χ1v) is 15.2. The van der Waals surface area contributed by atoms with Crippen LogP contribution in [0.4, 0.5) is 18.0 Å². The highest BCUT2D eigenvalue weighted by Gasteiger charge is 2.37. The number of alkyl carbamates (subject to hydrolysis) is 1. The first-order valence-electron chi connectivity index (χ1n) is 12.8. The molecule has 1 heterocycles. The minimum absolute atomic E-state index is 0.0286. The van der Waals surface area contributed by atoms with Gasteiger partial charge in [0.2, 0.25) is 0 Å². The first-order chi connectivity index (χ1) is 18.9. The summed E-state index contributed by atoms with van der Waals surface area (Å²) < 4.78 is 72.4. The lowest BCUT2D eigenvalue weighted by molar-refractivity contribution is -0.138. The van der Waals surface area contributed by atoms with Crippen molar-refractivity contribution in [2.75, 3.05) is 18.8 Å². The molecule has 0 aliphatic carbocycles. The summed E-state index contributed by atoms with van der Waals surface area (Å²) in [6.07, 6.45) is -4.90. The van der Waals surface area contributed by atoms with Gasteiger partial charge in [0.15, 0.2) is 9.84 Å². The molecule has 0 unspecified atom stereocenters. The van der Waals surface area contributed by atoms with E-state index in [0.29, 0.717) is 13.0 Å². The minimum atomic E-state index is -4.81. The zero-order chi connectivity index (χ0) is 30.8. The lowest BCUT2D eigenvalue weighted by Crippen LogP contribution is -2.40. The number of sulfone groups is 1. The summed E-state index contributed by atoms with van der Waals surface area (Å²) >= 11 is 12.3. The summed E-state index contributed by atoms with van der Waals surface area (Å²) in [5, 5.41) is 5.19. The van der Waals surface area contributed by atoms with E-state index in [4.69, 9.17) is 27.9 Å². The van der Waals surface area contributed by atoms with Crippen LogP contribution in [0.15, 0.2) is 35.2 Å². The predicted molar refractivity (Wildman–Crippen MR) is 150 cm³/mol. The van der Waals surface area contributed by atoms with Crippen LogP contribution < -0.4 is 10.6 Å². The van der Waals surface area contributed by atoms with Gasteiger partial charge in [-0.15, -0.1) is 0 Å². The number of amides is 2. The Labute approximate surface area is 247 Å². The van der Waals surface area contributed by atoms with Crippen molar-refractivity contribution in [3.05, 3.63) is 62.6 Å². The molecule has 0 spiro atoms. The highest BCUT2D eigenvalue weighted by molar-refractivity contribution is 7.91. The molecule has 2 aromatic rings. The van der Waals surface area contributed by atoms with Crippen molar-refractivity contribution < 1.29 is 35.9 Å². The molecular formula is C27H32Cl2F3N3O5S. The van der Waals surface area contributed by atoms with Crippen LogP contribution in [0.2, 0.25) is 10.0 Å². The molecule has 0 aromatic heterocycles. The number of halogens is 5. The Morgan fingerprint density at radius 3 is 2.41 bits per heavy atom. The zero-order valence-corrected chi connectivity index (χ0v) is 25.3. The summed E-state index contributed by atoms with van der Waals surface area (Å²) in [4.78, 5) is 26.7. The van der Waals surface area contributed by atoms with Crippen molar-refractivity contribution in [3.63, 3.8) is 0 Å². The maximum Gasteiger partial charge on any atom is 0.416 e. The molecule has 41 heavy (non-hydrogen) atoms. The van der Waals surface area contributed by atoms with E-state index < -0.39 is 39.2 Å². The lowest BCUT2D eigenvalue weighted by atomic mass is 10.0. The number of rotatable bonds is 8. The molecule has 14 heteroatoms. The molecule has 0 radical (unpaired) electrons. The Kier molecular flexibility index (Phi) is 10.3. The van der Waals surface area contributed by atoms with E-state index in [1.54, 1.807) is 25.7 Å². The molecule has 1 aliphatic rings. The van der Waals surface area contributed by atoms with Crippen LogP contribution in [-0.4, -0.2) is 55.8 Å². The van der Waals surface area contributed by atoms with Crippen molar-refractivity contribution in [2.45, 2.75) is 69.9 Å². The van der Waals surface area contributed by atoms with Gasteiger partial charge in [-0.2, -0.15) is 13.2 Å². The Balaban J connectivity index is 1.77. The van der Waals surface area contributed by atoms with E-state index in [1.807, 2.05) is 0 Å². The van der Waals surface area contributed by atoms with Gasteiger partial charge >= 0.3 is 12.3 Å². The van der Waals surface area contributed by atoms with E-state index in [2.05, 4.69) is 10.6 Å². The van der Waals surface area contributed by atoms with Gasteiger partial charge in [0.1, 0.15) is 5.60 Å². The molecule has 8 nitrogen and oxygen atoms in total. The number of carbonyl (C=O) groups excluding carboxylic acids is 2. The first kappa shape index (κ1) is 33.0. The van der Waals surface area contributed by atoms with Crippen molar-refractivity contribution in [2.24, 2.45) is 0 Å². The highest BCUT2D eigenvalue weighted by atomic mass is 35.5. The molecule has 2 N–H and O–H groups in total. The predicted octanol–water partition coefficient (Wildman–Crippen LogP) is 5.83. The van der Waals surface area contributed by atoms with E-state index in [1.165, 1.54) is 25.1 Å². The summed E-state index contributed by atoms with van der Waals surface area (Å²) in [5.74, 6) is -1.05. The molecule has 0 bridgehead atoms. The molecule has 3 rings (SSSR count). The third kappa shape index (κ3) is 8.97. The number of hydrogen-bond donors (Lipinski definition) is 2. The number of likely N-dealkylation sites (tertiary alicyclic amines) is 1. The molecule has 1 saturated heterocycles. The second-order valence-electron chi connectivity index (χ2n) is 10.7. The van der Waals surface area contributed by atoms with E-state index in [-0.39, 0.29) is 63.1 Å². The summed E-state index contributed by atoms with van der Waals surface area (Å²) in [6.45, 7) is 6.92. The molecule has 0 saturated carbocycles. The van der Waals surface area contributed by atoms with Crippen LogP contribution in [0.5, 0.6) is 0 Å². The molecule has 2 amide bonds.